The molecule has 0 unspecified atom stereocenters. The van der Waals surface area contributed by atoms with E-state index in [4.69, 9.17) is 0 Å². The lowest BCUT2D eigenvalue weighted by Crippen LogP contribution is -2.27. The number of nitrogens with one attached hydrogen (secondary N) is 2. The number of benzene rings is 1. The van der Waals surface area contributed by atoms with E-state index >= 15 is 0 Å². The quantitative estimate of drug-likeness (QED) is 0.856. The molecule has 0 radical (unpaired) electrons. The van der Waals surface area contributed by atoms with Gasteiger partial charge in [0.25, 0.3) is 11.8 Å². The molecular formula is C18H24N4O2. The molecule has 2 aromatic rings. The molecule has 0 saturated carbocycles. The second kappa shape index (κ2) is 7.77. The van der Waals surface area contributed by atoms with Gasteiger partial charge in [0.15, 0.2) is 0 Å². The molecule has 6 nitrogen and oxygen atoms in total. The Morgan fingerprint density at radius 2 is 1.96 bits per heavy atom. The Balaban J connectivity index is 2.11. The van der Waals surface area contributed by atoms with E-state index in [-0.39, 0.29) is 11.8 Å². The Morgan fingerprint density at radius 3 is 2.62 bits per heavy atom. The molecule has 24 heavy (non-hydrogen) atoms. The highest BCUT2D eigenvalue weighted by Gasteiger charge is 2.14. The molecule has 1 aromatic heterocycles. The number of aromatic nitrogens is 2. The van der Waals surface area contributed by atoms with Crippen LogP contribution in [-0.2, 0) is 6.54 Å². The van der Waals surface area contributed by atoms with Crippen molar-refractivity contribution in [1.29, 1.82) is 0 Å². The van der Waals surface area contributed by atoms with Gasteiger partial charge in [0.2, 0.25) is 0 Å². The van der Waals surface area contributed by atoms with Crippen LogP contribution in [0.4, 0.5) is 5.69 Å². The Labute approximate surface area is 142 Å². The highest BCUT2D eigenvalue weighted by molar-refractivity contribution is 6.04. The molecule has 0 aliphatic carbocycles. The lowest BCUT2D eigenvalue weighted by atomic mass is 10.1. The maximum atomic E-state index is 12.4. The number of carbonyl (C=O) groups is 2. The van der Waals surface area contributed by atoms with Crippen LogP contribution in [0.5, 0.6) is 0 Å². The predicted octanol–water partition coefficient (Wildman–Crippen LogP) is 2.85. The standard InChI is InChI=1S/C18H24N4O2/c1-5-22-16(9-13(4)21-22)18(24)20-15-8-6-7-14(10-15)17(23)19-11-12(2)3/h6-10,12H,5,11H2,1-4H3,(H,19,23)(H,20,24). The van der Waals surface area contributed by atoms with Gasteiger partial charge >= 0.3 is 0 Å². The largest absolute Gasteiger partial charge is 0.352 e. The number of anilines is 1. The Hall–Kier alpha value is -2.63. The monoisotopic (exact) mass is 328 g/mol. The van der Waals surface area contributed by atoms with Gasteiger partial charge in [-0.25, -0.2) is 0 Å². The highest BCUT2D eigenvalue weighted by atomic mass is 16.2. The average Bonchev–Trinajstić information content (AvgIpc) is 2.94. The molecule has 0 atom stereocenters. The van der Waals surface area contributed by atoms with Crippen LogP contribution < -0.4 is 10.6 Å². The fourth-order valence-corrected chi connectivity index (χ4v) is 2.30. The molecule has 0 saturated heterocycles. The predicted molar refractivity (Wildman–Crippen MR) is 94.2 cm³/mol. The molecular weight excluding hydrogens is 304 g/mol. The summed E-state index contributed by atoms with van der Waals surface area (Å²) in [6, 6.07) is 8.66. The Bertz CT molecular complexity index is 734. The summed E-state index contributed by atoms with van der Waals surface area (Å²) in [5, 5.41) is 9.96. The van der Waals surface area contributed by atoms with Crippen LogP contribution in [0.25, 0.3) is 0 Å². The van der Waals surface area contributed by atoms with Crippen molar-refractivity contribution in [2.75, 3.05) is 11.9 Å². The van der Waals surface area contributed by atoms with Crippen molar-refractivity contribution >= 4 is 17.5 Å². The number of nitrogens with zero attached hydrogens (tertiary/aromatic N) is 2. The minimum absolute atomic E-state index is 0.144. The van der Waals surface area contributed by atoms with Crippen molar-refractivity contribution in [3.05, 3.63) is 47.3 Å². The van der Waals surface area contributed by atoms with Crippen LogP contribution in [0, 0.1) is 12.8 Å². The van der Waals surface area contributed by atoms with Gasteiger partial charge in [-0.3, -0.25) is 14.3 Å². The van der Waals surface area contributed by atoms with E-state index in [2.05, 4.69) is 15.7 Å². The molecule has 1 aromatic carbocycles. The molecule has 1 heterocycles. The second-order valence-electron chi connectivity index (χ2n) is 6.13. The third-order valence-electron chi connectivity index (χ3n) is 3.49. The zero-order valence-corrected chi connectivity index (χ0v) is 14.6. The van der Waals surface area contributed by atoms with E-state index in [9.17, 15) is 9.59 Å². The number of amides is 2. The molecule has 2 N–H and O–H groups in total. The first kappa shape index (κ1) is 17.7. The summed E-state index contributed by atoms with van der Waals surface area (Å²) in [5.41, 5.74) is 2.40. The van der Waals surface area contributed by atoms with Crippen LogP contribution in [0.15, 0.2) is 30.3 Å². The maximum absolute atomic E-state index is 12.4. The van der Waals surface area contributed by atoms with Gasteiger partial charge in [-0.05, 0) is 44.0 Å². The van der Waals surface area contributed by atoms with Crippen molar-refractivity contribution in [3.63, 3.8) is 0 Å². The van der Waals surface area contributed by atoms with E-state index in [1.54, 1.807) is 35.0 Å². The molecule has 0 aliphatic heterocycles. The molecule has 0 fully saturated rings. The van der Waals surface area contributed by atoms with Gasteiger partial charge in [-0.1, -0.05) is 19.9 Å². The second-order valence-corrected chi connectivity index (χ2v) is 6.13. The maximum Gasteiger partial charge on any atom is 0.273 e. The Kier molecular flexibility index (Phi) is 5.73. The summed E-state index contributed by atoms with van der Waals surface area (Å²) in [5.74, 6) is 0.000776. The molecule has 0 aliphatic rings. The number of hydrogen-bond acceptors (Lipinski definition) is 3. The highest BCUT2D eigenvalue weighted by Crippen LogP contribution is 2.13. The van der Waals surface area contributed by atoms with Crippen molar-refractivity contribution in [3.8, 4) is 0 Å². The summed E-state index contributed by atoms with van der Waals surface area (Å²) in [7, 11) is 0. The van der Waals surface area contributed by atoms with Gasteiger partial charge in [-0.2, -0.15) is 5.10 Å². The van der Waals surface area contributed by atoms with Gasteiger partial charge in [0.1, 0.15) is 5.69 Å². The minimum atomic E-state index is -0.239. The van der Waals surface area contributed by atoms with Gasteiger partial charge in [0.05, 0.1) is 5.69 Å². The molecule has 0 spiro atoms. The number of carbonyl (C=O) groups excluding carboxylic acids is 2. The van der Waals surface area contributed by atoms with Crippen LogP contribution in [0.1, 0.15) is 47.3 Å². The number of hydrogen-bond donors (Lipinski definition) is 2. The van der Waals surface area contributed by atoms with E-state index < -0.39 is 0 Å². The Morgan fingerprint density at radius 1 is 1.21 bits per heavy atom. The van der Waals surface area contributed by atoms with Crippen molar-refractivity contribution in [1.82, 2.24) is 15.1 Å². The summed E-state index contributed by atoms with van der Waals surface area (Å²) in [6.45, 7) is 9.09. The van der Waals surface area contributed by atoms with Crippen molar-refractivity contribution in [2.45, 2.75) is 34.2 Å². The number of rotatable bonds is 6. The average molecular weight is 328 g/mol. The molecule has 6 heteroatoms. The topological polar surface area (TPSA) is 76.0 Å². The first-order chi connectivity index (χ1) is 11.4. The summed E-state index contributed by atoms with van der Waals surface area (Å²) in [4.78, 5) is 24.6. The first-order valence-corrected chi connectivity index (χ1v) is 8.14. The zero-order valence-electron chi connectivity index (χ0n) is 14.6. The van der Waals surface area contributed by atoms with Crippen molar-refractivity contribution in [2.24, 2.45) is 5.92 Å². The number of aryl methyl sites for hydroxylation is 2. The van der Waals surface area contributed by atoms with Crippen LogP contribution in [0.3, 0.4) is 0 Å². The lowest BCUT2D eigenvalue weighted by Gasteiger charge is -2.10. The van der Waals surface area contributed by atoms with Crippen LogP contribution in [-0.4, -0.2) is 28.1 Å². The van der Waals surface area contributed by atoms with Gasteiger partial charge in [0, 0.05) is 24.3 Å². The third-order valence-corrected chi connectivity index (χ3v) is 3.49. The molecule has 2 rings (SSSR count). The summed E-state index contributed by atoms with van der Waals surface area (Å²) >= 11 is 0. The summed E-state index contributed by atoms with van der Waals surface area (Å²) in [6.07, 6.45) is 0. The fraction of sp³-hybridized carbons (Fsp3) is 0.389. The SMILES string of the molecule is CCn1nc(C)cc1C(=O)Nc1cccc(C(=O)NCC(C)C)c1. The molecule has 2 amide bonds. The molecule has 128 valence electrons. The molecule has 0 bridgehead atoms. The van der Waals surface area contributed by atoms with E-state index in [1.807, 2.05) is 27.7 Å². The summed E-state index contributed by atoms with van der Waals surface area (Å²) < 4.78 is 1.66. The normalized spacial score (nSPS) is 10.7. The van der Waals surface area contributed by atoms with Gasteiger partial charge < -0.3 is 10.6 Å². The van der Waals surface area contributed by atoms with Crippen LogP contribution in [0.2, 0.25) is 0 Å². The van der Waals surface area contributed by atoms with E-state index in [0.717, 1.165) is 5.69 Å². The van der Waals surface area contributed by atoms with E-state index in [1.165, 1.54) is 0 Å². The van der Waals surface area contributed by atoms with Crippen molar-refractivity contribution < 1.29 is 9.59 Å². The van der Waals surface area contributed by atoms with E-state index in [0.29, 0.717) is 36.0 Å². The smallest absolute Gasteiger partial charge is 0.273 e. The van der Waals surface area contributed by atoms with Crippen LogP contribution >= 0.6 is 0 Å². The zero-order chi connectivity index (χ0) is 17.7. The third kappa shape index (κ3) is 4.44. The van der Waals surface area contributed by atoms with Gasteiger partial charge in [-0.15, -0.1) is 0 Å². The lowest BCUT2D eigenvalue weighted by molar-refractivity contribution is 0.0947. The fourth-order valence-electron chi connectivity index (χ4n) is 2.30. The minimum Gasteiger partial charge on any atom is -0.352 e. The first-order valence-electron chi connectivity index (χ1n) is 8.14.